The lowest BCUT2D eigenvalue weighted by molar-refractivity contribution is -0.123. The van der Waals surface area contributed by atoms with Gasteiger partial charge in [0.2, 0.25) is 5.91 Å². The highest BCUT2D eigenvalue weighted by Crippen LogP contribution is 2.43. The van der Waals surface area contributed by atoms with E-state index >= 15 is 0 Å². The van der Waals surface area contributed by atoms with Gasteiger partial charge in [-0.05, 0) is 47.2 Å². The predicted molar refractivity (Wildman–Crippen MR) is 123 cm³/mol. The zero-order chi connectivity index (χ0) is 21.3. The Labute approximate surface area is 190 Å². The summed E-state index contributed by atoms with van der Waals surface area (Å²) in [6.07, 6.45) is 0.687. The van der Waals surface area contributed by atoms with Gasteiger partial charge < -0.3 is 20.8 Å². The van der Waals surface area contributed by atoms with Gasteiger partial charge in [0.1, 0.15) is 34.7 Å². The summed E-state index contributed by atoms with van der Waals surface area (Å²) < 4.78 is 2.84. The van der Waals surface area contributed by atoms with Crippen molar-refractivity contribution in [1.29, 1.82) is 0 Å². The van der Waals surface area contributed by atoms with Crippen molar-refractivity contribution in [1.82, 2.24) is 24.8 Å². The summed E-state index contributed by atoms with van der Waals surface area (Å²) >= 11 is 3.46. The molecule has 0 bridgehead atoms. The highest BCUT2D eigenvalue weighted by Gasteiger charge is 2.47. The molecule has 1 fully saturated rings. The Morgan fingerprint density at radius 1 is 1.27 bits per heavy atom. The molecule has 3 aromatic rings. The van der Waals surface area contributed by atoms with Gasteiger partial charge in [-0.3, -0.25) is 9.36 Å². The van der Waals surface area contributed by atoms with E-state index in [-0.39, 0.29) is 5.91 Å². The number of nitrogens with zero attached hydrogens (tertiary/aromatic N) is 4. The number of anilines is 1. The van der Waals surface area contributed by atoms with Crippen LogP contribution in [0.4, 0.5) is 5.82 Å². The van der Waals surface area contributed by atoms with Crippen LogP contribution >= 0.6 is 34.4 Å². The number of hydrogen-bond acceptors (Lipinski definition) is 8. The summed E-state index contributed by atoms with van der Waals surface area (Å²) in [4.78, 5) is 25.3. The van der Waals surface area contributed by atoms with Gasteiger partial charge >= 0.3 is 0 Å². The zero-order valence-electron chi connectivity index (χ0n) is 16.1. The van der Waals surface area contributed by atoms with Crippen molar-refractivity contribution in [2.45, 2.75) is 36.3 Å². The van der Waals surface area contributed by atoms with Gasteiger partial charge in [0, 0.05) is 16.7 Å². The van der Waals surface area contributed by atoms with E-state index in [1.54, 1.807) is 10.9 Å². The monoisotopic (exact) mass is 540 g/mol. The van der Waals surface area contributed by atoms with E-state index in [2.05, 4.69) is 54.2 Å². The first-order valence-corrected chi connectivity index (χ1v) is 11.5. The van der Waals surface area contributed by atoms with E-state index in [0.717, 1.165) is 9.13 Å². The average Bonchev–Trinajstić information content (AvgIpc) is 3.28. The topological polar surface area (TPSA) is 125 Å². The second-order valence-corrected chi connectivity index (χ2v) is 9.36. The van der Waals surface area contributed by atoms with Crippen molar-refractivity contribution in [2.24, 2.45) is 0 Å². The molecule has 1 aliphatic rings. The number of carbonyl (C=O) groups is 1. The van der Waals surface area contributed by atoms with E-state index in [0.29, 0.717) is 30.1 Å². The van der Waals surface area contributed by atoms with E-state index < -0.39 is 22.8 Å². The number of thioether (sulfide) groups is 1. The minimum Gasteiger partial charge on any atom is -0.389 e. The molecule has 2 aromatic heterocycles. The van der Waals surface area contributed by atoms with Crippen molar-refractivity contribution in [3.63, 3.8) is 0 Å². The number of aliphatic hydroxyl groups is 2. The van der Waals surface area contributed by atoms with Crippen LogP contribution in [0.1, 0.15) is 17.9 Å². The standard InChI is InChI=1S/C19H21IN6O3S/c1-2-21-18(29)15-13(27)14(28)19(30-15)26-9-25-12-16(23-8-24-17(12)26)22-7-10-4-3-5-11(20)6-10/h3-6,8-9,13-15,19,27-28H,2,7H2,1H3,(H,21,29)(H,22,23,24)/t13-,14+,15?,19+/m0/s1. The number of aliphatic hydroxyl groups excluding tert-OH is 2. The molecule has 4 N–H and O–H groups in total. The number of hydrogen-bond donors (Lipinski definition) is 4. The van der Waals surface area contributed by atoms with Crippen molar-refractivity contribution in [2.75, 3.05) is 11.9 Å². The molecule has 0 saturated carbocycles. The predicted octanol–water partition coefficient (Wildman–Crippen LogP) is 1.51. The fourth-order valence-electron chi connectivity index (χ4n) is 3.38. The van der Waals surface area contributed by atoms with E-state index in [9.17, 15) is 15.0 Å². The highest BCUT2D eigenvalue weighted by molar-refractivity contribution is 14.1. The third-order valence-corrected chi connectivity index (χ3v) is 7.07. The van der Waals surface area contributed by atoms with E-state index in [4.69, 9.17) is 0 Å². The molecule has 1 unspecified atom stereocenters. The molecule has 0 aliphatic carbocycles. The second kappa shape index (κ2) is 9.04. The molecule has 4 atom stereocenters. The number of carbonyl (C=O) groups excluding carboxylic acids is 1. The van der Waals surface area contributed by atoms with E-state index in [1.165, 1.54) is 18.1 Å². The molecule has 1 saturated heterocycles. The van der Waals surface area contributed by atoms with Gasteiger partial charge in [0.05, 0.1) is 6.33 Å². The van der Waals surface area contributed by atoms with Gasteiger partial charge in [0.25, 0.3) is 0 Å². The molecular formula is C19H21IN6O3S. The van der Waals surface area contributed by atoms with Gasteiger partial charge in [0.15, 0.2) is 11.5 Å². The lowest BCUT2D eigenvalue weighted by Gasteiger charge is -2.17. The SMILES string of the molecule is CCNC(=O)C1S[C@@H](n2cnc3c(NCc4cccc(I)c4)ncnc32)[C@H](O)[C@@H]1O. The van der Waals surface area contributed by atoms with Crippen LogP contribution < -0.4 is 10.6 Å². The maximum Gasteiger partial charge on any atom is 0.235 e. The molecule has 0 radical (unpaired) electrons. The molecular weight excluding hydrogens is 519 g/mol. The maximum absolute atomic E-state index is 12.2. The van der Waals surface area contributed by atoms with Crippen LogP contribution in [0.3, 0.4) is 0 Å². The summed E-state index contributed by atoms with van der Waals surface area (Å²) in [5, 5.41) is 25.6. The Hall–Kier alpha value is -1.96. The maximum atomic E-state index is 12.2. The number of aromatic nitrogens is 4. The van der Waals surface area contributed by atoms with Crippen LogP contribution in [-0.4, -0.2) is 59.6 Å². The summed E-state index contributed by atoms with van der Waals surface area (Å²) in [5.74, 6) is 0.284. The van der Waals surface area contributed by atoms with Crippen LogP contribution in [-0.2, 0) is 11.3 Å². The van der Waals surface area contributed by atoms with Crippen molar-refractivity contribution >= 4 is 57.2 Å². The van der Waals surface area contributed by atoms with Crippen LogP contribution in [0.2, 0.25) is 0 Å². The molecule has 9 nitrogen and oxygen atoms in total. The molecule has 3 heterocycles. The minimum atomic E-state index is -1.18. The summed E-state index contributed by atoms with van der Waals surface area (Å²) in [6, 6.07) is 8.14. The zero-order valence-corrected chi connectivity index (χ0v) is 19.0. The first-order valence-electron chi connectivity index (χ1n) is 9.44. The number of fused-ring (bicyclic) bond motifs is 1. The van der Waals surface area contributed by atoms with Crippen molar-refractivity contribution < 1.29 is 15.0 Å². The first-order chi connectivity index (χ1) is 14.5. The number of rotatable bonds is 6. The first kappa shape index (κ1) is 21.3. The van der Waals surface area contributed by atoms with Gasteiger partial charge in [-0.2, -0.15) is 0 Å². The Morgan fingerprint density at radius 2 is 2.10 bits per heavy atom. The number of benzene rings is 1. The molecule has 1 amide bonds. The van der Waals surface area contributed by atoms with Crippen LogP contribution in [0.5, 0.6) is 0 Å². The van der Waals surface area contributed by atoms with Crippen molar-refractivity contribution in [3.8, 4) is 0 Å². The van der Waals surface area contributed by atoms with Crippen LogP contribution in [0, 0.1) is 3.57 Å². The molecule has 158 valence electrons. The van der Waals surface area contributed by atoms with Gasteiger partial charge in [-0.15, -0.1) is 11.8 Å². The van der Waals surface area contributed by atoms with Gasteiger partial charge in [-0.25, -0.2) is 15.0 Å². The minimum absolute atomic E-state index is 0.296. The third kappa shape index (κ3) is 4.11. The Bertz CT molecular complexity index is 1060. The lowest BCUT2D eigenvalue weighted by atomic mass is 10.1. The number of nitrogens with one attached hydrogen (secondary N) is 2. The summed E-state index contributed by atoms with van der Waals surface area (Å²) in [7, 11) is 0. The summed E-state index contributed by atoms with van der Waals surface area (Å²) in [6.45, 7) is 2.84. The number of imidazole rings is 1. The number of amides is 1. The third-order valence-electron chi connectivity index (χ3n) is 4.83. The fraction of sp³-hybridized carbons (Fsp3) is 0.368. The van der Waals surface area contributed by atoms with Crippen LogP contribution in [0.15, 0.2) is 36.9 Å². The Balaban J connectivity index is 1.58. The molecule has 11 heteroatoms. The second-order valence-electron chi connectivity index (χ2n) is 6.85. The Morgan fingerprint density at radius 3 is 2.87 bits per heavy atom. The average molecular weight is 540 g/mol. The quantitative estimate of drug-likeness (QED) is 0.347. The van der Waals surface area contributed by atoms with E-state index in [1.807, 2.05) is 25.1 Å². The summed E-state index contributed by atoms with van der Waals surface area (Å²) in [5.41, 5.74) is 2.20. The normalized spacial score (nSPS) is 23.6. The smallest absolute Gasteiger partial charge is 0.235 e. The number of halogens is 1. The highest BCUT2D eigenvalue weighted by atomic mass is 127. The molecule has 0 spiro atoms. The molecule has 1 aliphatic heterocycles. The molecule has 30 heavy (non-hydrogen) atoms. The molecule has 4 rings (SSSR count). The van der Waals surface area contributed by atoms with Crippen molar-refractivity contribution in [3.05, 3.63) is 46.1 Å². The van der Waals surface area contributed by atoms with Gasteiger partial charge in [-0.1, -0.05) is 12.1 Å². The Kier molecular flexibility index (Phi) is 6.41. The largest absolute Gasteiger partial charge is 0.389 e. The molecule has 1 aromatic carbocycles. The lowest BCUT2D eigenvalue weighted by Crippen LogP contribution is -2.41. The fourth-order valence-corrected chi connectivity index (χ4v) is 5.43. The van der Waals surface area contributed by atoms with Crippen LogP contribution in [0.25, 0.3) is 11.2 Å².